The quantitative estimate of drug-likeness (QED) is 0.513. The lowest BCUT2D eigenvalue weighted by molar-refractivity contribution is -0.0334. The van der Waals surface area contributed by atoms with Gasteiger partial charge in [-0.05, 0) is 68.2 Å². The van der Waals surface area contributed by atoms with Crippen LogP contribution in [0.3, 0.4) is 0 Å². The molecule has 0 saturated carbocycles. The van der Waals surface area contributed by atoms with E-state index < -0.39 is 11.8 Å². The monoisotopic (exact) mass is 591 g/mol. The van der Waals surface area contributed by atoms with E-state index in [9.17, 15) is 14.3 Å². The molecule has 1 N–H and O–H groups in total. The highest BCUT2D eigenvalue weighted by molar-refractivity contribution is 5.83. The van der Waals surface area contributed by atoms with Crippen LogP contribution >= 0.6 is 0 Å². The molecule has 2 amide bonds. The van der Waals surface area contributed by atoms with Crippen molar-refractivity contribution in [1.82, 2.24) is 24.5 Å². The maximum absolute atomic E-state index is 14.0. The molecule has 1 aliphatic carbocycles. The van der Waals surface area contributed by atoms with Gasteiger partial charge in [-0.2, -0.15) is 5.10 Å². The molecule has 2 fully saturated rings. The van der Waals surface area contributed by atoms with Crippen LogP contribution in [0.5, 0.6) is 0 Å². The number of hydrogen-bond donors (Lipinski definition) is 1. The molecule has 4 unspecified atom stereocenters. The minimum absolute atomic E-state index is 0.0278. The van der Waals surface area contributed by atoms with Crippen molar-refractivity contribution >= 4 is 6.03 Å². The SMILES string of the molecule is CCN1C(=O)N2CC3=C(C(C)C=C2C12CCN(C(O)c1cnn(-c4ccc(F)cc4)c1C)CC2)C(OC)C(C)C(OC)=C3. The fraction of sp³-hybridized carbons (Fsp3) is 0.515. The van der Waals surface area contributed by atoms with E-state index >= 15 is 0 Å². The summed E-state index contributed by atoms with van der Waals surface area (Å²) in [4.78, 5) is 20.0. The number of likely N-dealkylation sites (N-methyl/N-ethyl adjacent to an activating group) is 1. The number of methoxy groups -OCH3 is 2. The highest BCUT2D eigenvalue weighted by Crippen LogP contribution is 2.49. The third kappa shape index (κ3) is 4.62. The zero-order valence-corrected chi connectivity index (χ0v) is 25.9. The molecule has 1 spiro atoms. The summed E-state index contributed by atoms with van der Waals surface area (Å²) in [5, 5.41) is 16.0. The van der Waals surface area contributed by atoms with Gasteiger partial charge in [0.1, 0.15) is 17.8 Å². The average molecular weight is 592 g/mol. The van der Waals surface area contributed by atoms with Gasteiger partial charge in [-0.15, -0.1) is 0 Å². The number of carbonyl (C=O) groups is 1. The van der Waals surface area contributed by atoms with Gasteiger partial charge < -0.3 is 19.5 Å². The van der Waals surface area contributed by atoms with E-state index in [0.717, 1.165) is 34.0 Å². The number of allylic oxidation sites excluding steroid dienone is 1. The molecule has 4 aliphatic rings. The number of hydrogen-bond acceptors (Lipinski definition) is 6. The number of aromatic nitrogens is 2. The molecule has 1 aromatic carbocycles. The first-order valence-electron chi connectivity index (χ1n) is 15.2. The van der Waals surface area contributed by atoms with E-state index in [1.807, 2.05) is 23.6 Å². The summed E-state index contributed by atoms with van der Waals surface area (Å²) in [7, 11) is 3.44. The minimum atomic E-state index is -0.840. The summed E-state index contributed by atoms with van der Waals surface area (Å²) in [6.45, 7) is 10.6. The first-order valence-corrected chi connectivity index (χ1v) is 15.2. The Morgan fingerprint density at radius 3 is 2.49 bits per heavy atom. The van der Waals surface area contributed by atoms with Gasteiger partial charge >= 0.3 is 6.03 Å². The van der Waals surface area contributed by atoms with Crippen molar-refractivity contribution in [3.05, 3.63) is 82.3 Å². The van der Waals surface area contributed by atoms with Gasteiger partial charge in [0.05, 0.1) is 37.2 Å². The van der Waals surface area contributed by atoms with E-state index in [0.29, 0.717) is 39.0 Å². The van der Waals surface area contributed by atoms with E-state index in [1.165, 1.54) is 17.7 Å². The Morgan fingerprint density at radius 1 is 1.16 bits per heavy atom. The Kier molecular flexibility index (Phi) is 7.73. The fourth-order valence-corrected chi connectivity index (χ4v) is 7.79. The van der Waals surface area contributed by atoms with Crippen molar-refractivity contribution < 1.29 is 23.8 Å². The standard InChI is InChI=1S/C33H42FN5O4/c1-7-38-32(41)37-19-23-17-27(42-5)21(3)30(43-6)29(23)20(2)16-28(37)33(38)12-14-36(15-13-33)31(40)26-18-35-39(22(26)4)25-10-8-24(34)9-11-25/h8-11,16-18,20-21,30-31,40H,7,12-15,19H2,1-6H3. The number of aliphatic hydroxyl groups excluding tert-OH is 1. The van der Waals surface area contributed by atoms with Crippen molar-refractivity contribution in [2.24, 2.45) is 11.8 Å². The molecule has 230 valence electrons. The molecule has 4 heterocycles. The molecule has 1 aromatic heterocycles. The van der Waals surface area contributed by atoms with Gasteiger partial charge in [-0.1, -0.05) is 19.9 Å². The molecular weight excluding hydrogens is 549 g/mol. The van der Waals surface area contributed by atoms with Crippen molar-refractivity contribution in [1.29, 1.82) is 0 Å². The number of urea groups is 1. The third-order valence-corrected chi connectivity index (χ3v) is 10.0. The number of ether oxygens (including phenoxy) is 2. The Balaban J connectivity index is 1.27. The molecule has 2 aromatic rings. The van der Waals surface area contributed by atoms with E-state index in [1.54, 1.807) is 37.2 Å². The van der Waals surface area contributed by atoms with E-state index in [4.69, 9.17) is 9.47 Å². The largest absolute Gasteiger partial charge is 0.501 e. The topological polar surface area (TPSA) is 83.3 Å². The summed E-state index contributed by atoms with van der Waals surface area (Å²) < 4.78 is 26.9. The zero-order chi connectivity index (χ0) is 30.6. The maximum atomic E-state index is 14.0. The Hall–Kier alpha value is -3.47. The molecule has 43 heavy (non-hydrogen) atoms. The number of carbonyl (C=O) groups excluding carboxylic acids is 1. The Labute approximate surface area is 252 Å². The van der Waals surface area contributed by atoms with Gasteiger partial charge in [-0.3, -0.25) is 9.80 Å². The predicted octanol–water partition coefficient (Wildman–Crippen LogP) is 4.93. The summed E-state index contributed by atoms with van der Waals surface area (Å²) >= 11 is 0. The molecule has 0 radical (unpaired) electrons. The number of amides is 2. The first kappa shape index (κ1) is 29.6. The number of nitrogens with zero attached hydrogens (tertiary/aromatic N) is 5. The summed E-state index contributed by atoms with van der Waals surface area (Å²) in [6, 6.07) is 6.18. The molecule has 6 rings (SSSR count). The number of halogens is 1. The lowest BCUT2D eigenvalue weighted by Gasteiger charge is -2.45. The lowest BCUT2D eigenvalue weighted by atomic mass is 9.78. The number of rotatable bonds is 6. The molecule has 4 atom stereocenters. The molecule has 3 aliphatic heterocycles. The predicted molar refractivity (Wildman–Crippen MR) is 161 cm³/mol. The molecular formula is C33H42FN5O4. The minimum Gasteiger partial charge on any atom is -0.501 e. The fourth-order valence-electron chi connectivity index (χ4n) is 7.79. The van der Waals surface area contributed by atoms with Crippen LogP contribution in [0.4, 0.5) is 9.18 Å². The highest BCUT2D eigenvalue weighted by Gasteiger charge is 2.55. The molecule has 10 heteroatoms. The number of fused-ring (bicyclic) bond motifs is 2. The van der Waals surface area contributed by atoms with Crippen LogP contribution < -0.4 is 0 Å². The maximum Gasteiger partial charge on any atom is 0.325 e. The number of aliphatic hydroxyl groups is 1. The van der Waals surface area contributed by atoms with Crippen LogP contribution in [0.25, 0.3) is 5.69 Å². The van der Waals surface area contributed by atoms with Crippen LogP contribution in [-0.2, 0) is 9.47 Å². The second-order valence-electron chi connectivity index (χ2n) is 12.1. The number of piperidine rings is 1. The number of benzene rings is 1. The number of likely N-dealkylation sites (tertiary alicyclic amines) is 1. The van der Waals surface area contributed by atoms with Crippen molar-refractivity contribution in [2.45, 2.75) is 58.4 Å². The van der Waals surface area contributed by atoms with Gasteiger partial charge in [0, 0.05) is 55.5 Å². The normalized spacial score (nSPS) is 26.2. The molecule has 2 saturated heterocycles. The Bertz CT molecular complexity index is 1490. The highest BCUT2D eigenvalue weighted by atomic mass is 19.1. The second-order valence-corrected chi connectivity index (χ2v) is 12.1. The van der Waals surface area contributed by atoms with Gasteiger partial charge in [0.2, 0.25) is 0 Å². The van der Waals surface area contributed by atoms with Crippen LogP contribution in [-0.4, -0.2) is 87.7 Å². The first-order chi connectivity index (χ1) is 20.6. The van der Waals surface area contributed by atoms with Gasteiger partial charge in [-0.25, -0.2) is 13.9 Å². The van der Waals surface area contributed by atoms with Crippen molar-refractivity contribution in [3.8, 4) is 5.69 Å². The van der Waals surface area contributed by atoms with Crippen LogP contribution in [0.2, 0.25) is 0 Å². The summed E-state index contributed by atoms with van der Waals surface area (Å²) in [5.74, 6) is 0.733. The Morgan fingerprint density at radius 2 is 1.86 bits per heavy atom. The van der Waals surface area contributed by atoms with Crippen molar-refractivity contribution in [2.75, 3.05) is 40.4 Å². The van der Waals surface area contributed by atoms with Gasteiger partial charge in [0.25, 0.3) is 0 Å². The smallest absolute Gasteiger partial charge is 0.325 e. The molecule has 9 nitrogen and oxygen atoms in total. The average Bonchev–Trinajstić information content (AvgIpc) is 3.42. The lowest BCUT2D eigenvalue weighted by Crippen LogP contribution is -2.54. The van der Waals surface area contributed by atoms with Crippen LogP contribution in [0.1, 0.15) is 51.1 Å². The van der Waals surface area contributed by atoms with E-state index in [2.05, 4.69) is 36.0 Å². The second kappa shape index (κ2) is 11.2. The zero-order valence-electron chi connectivity index (χ0n) is 25.9. The van der Waals surface area contributed by atoms with Crippen LogP contribution in [0, 0.1) is 24.6 Å². The third-order valence-electron chi connectivity index (χ3n) is 10.0. The summed E-state index contributed by atoms with van der Waals surface area (Å²) in [6.07, 6.45) is 6.52. The summed E-state index contributed by atoms with van der Waals surface area (Å²) in [5.41, 5.74) is 5.18. The molecule has 0 bridgehead atoms. The van der Waals surface area contributed by atoms with Crippen LogP contribution in [0.15, 0.2) is 65.2 Å². The van der Waals surface area contributed by atoms with Crippen molar-refractivity contribution in [3.63, 3.8) is 0 Å². The van der Waals surface area contributed by atoms with E-state index in [-0.39, 0.29) is 29.8 Å². The van der Waals surface area contributed by atoms with Gasteiger partial charge in [0.15, 0.2) is 0 Å².